The second-order valence-electron chi connectivity index (χ2n) is 4.77. The van der Waals surface area contributed by atoms with Crippen LogP contribution >= 0.6 is 15.9 Å². The van der Waals surface area contributed by atoms with Crippen LogP contribution in [-0.2, 0) is 0 Å². The number of hydrogen-bond acceptors (Lipinski definition) is 2. The molecule has 0 heterocycles. The number of nitrogens with one attached hydrogen (secondary N) is 1. The number of benzene rings is 2. The van der Waals surface area contributed by atoms with E-state index in [4.69, 9.17) is 0 Å². The minimum atomic E-state index is -0.940. The molecule has 0 saturated carbocycles. The van der Waals surface area contributed by atoms with Crippen LogP contribution in [0.4, 0.5) is 5.69 Å². The fourth-order valence-corrected chi connectivity index (χ4v) is 2.35. The lowest BCUT2D eigenvalue weighted by Gasteiger charge is -2.17. The first kappa shape index (κ1) is 14.6. The Morgan fingerprint density at radius 1 is 1.20 bits per heavy atom. The Bertz CT molecular complexity index is 623. The molecular formula is C16H16BrNO2. The number of aryl methyl sites for hydroxylation is 1. The maximum absolute atomic E-state index is 11.3. The zero-order valence-electron chi connectivity index (χ0n) is 11.4. The first-order valence-electron chi connectivity index (χ1n) is 6.33. The summed E-state index contributed by atoms with van der Waals surface area (Å²) in [5.74, 6) is -0.940. The monoisotopic (exact) mass is 333 g/mol. The van der Waals surface area contributed by atoms with Crippen molar-refractivity contribution in [2.75, 3.05) is 5.32 Å². The molecule has 0 saturated heterocycles. The Labute approximate surface area is 126 Å². The van der Waals surface area contributed by atoms with E-state index in [1.165, 1.54) is 5.56 Å². The molecule has 2 aromatic rings. The molecule has 0 bridgehead atoms. The molecule has 2 rings (SSSR count). The van der Waals surface area contributed by atoms with Gasteiger partial charge < -0.3 is 10.4 Å². The summed E-state index contributed by atoms with van der Waals surface area (Å²) in [4.78, 5) is 11.3. The van der Waals surface area contributed by atoms with E-state index >= 15 is 0 Å². The second-order valence-corrected chi connectivity index (χ2v) is 5.69. The van der Waals surface area contributed by atoms with Gasteiger partial charge >= 0.3 is 5.97 Å². The molecule has 0 radical (unpaired) electrons. The molecule has 20 heavy (non-hydrogen) atoms. The Morgan fingerprint density at radius 3 is 2.45 bits per heavy atom. The highest BCUT2D eigenvalue weighted by Gasteiger charge is 2.13. The SMILES string of the molecule is Cc1ccc(C(C)Nc2ccc(Br)cc2C(=O)O)cc1. The van der Waals surface area contributed by atoms with Crippen LogP contribution in [-0.4, -0.2) is 11.1 Å². The van der Waals surface area contributed by atoms with Gasteiger partial charge in [-0.2, -0.15) is 0 Å². The number of halogens is 1. The van der Waals surface area contributed by atoms with Crippen molar-refractivity contribution in [2.45, 2.75) is 19.9 Å². The summed E-state index contributed by atoms with van der Waals surface area (Å²) in [6, 6.07) is 13.4. The van der Waals surface area contributed by atoms with Crippen LogP contribution in [0.2, 0.25) is 0 Å². The Hall–Kier alpha value is -1.81. The van der Waals surface area contributed by atoms with E-state index in [1.54, 1.807) is 12.1 Å². The van der Waals surface area contributed by atoms with Gasteiger partial charge in [0.2, 0.25) is 0 Å². The lowest BCUT2D eigenvalue weighted by atomic mass is 10.1. The van der Waals surface area contributed by atoms with Crippen molar-refractivity contribution in [3.8, 4) is 0 Å². The Kier molecular flexibility index (Phi) is 4.45. The van der Waals surface area contributed by atoms with Crippen molar-refractivity contribution in [3.05, 3.63) is 63.6 Å². The summed E-state index contributed by atoms with van der Waals surface area (Å²) in [5.41, 5.74) is 3.21. The first-order chi connectivity index (χ1) is 9.47. The highest BCUT2D eigenvalue weighted by atomic mass is 79.9. The van der Waals surface area contributed by atoms with Gasteiger partial charge in [0.25, 0.3) is 0 Å². The van der Waals surface area contributed by atoms with E-state index in [0.29, 0.717) is 5.69 Å². The molecule has 4 heteroatoms. The molecule has 2 N–H and O–H groups in total. The van der Waals surface area contributed by atoms with Crippen LogP contribution < -0.4 is 5.32 Å². The molecule has 0 aliphatic rings. The third kappa shape index (κ3) is 3.39. The van der Waals surface area contributed by atoms with Gasteiger partial charge in [-0.15, -0.1) is 0 Å². The fraction of sp³-hybridized carbons (Fsp3) is 0.188. The third-order valence-corrected chi connectivity index (χ3v) is 3.65. The number of carbonyl (C=O) groups is 1. The highest BCUT2D eigenvalue weighted by molar-refractivity contribution is 9.10. The molecule has 3 nitrogen and oxygen atoms in total. The van der Waals surface area contributed by atoms with Crippen LogP contribution in [0.3, 0.4) is 0 Å². The fourth-order valence-electron chi connectivity index (χ4n) is 1.99. The summed E-state index contributed by atoms with van der Waals surface area (Å²) >= 11 is 3.29. The van der Waals surface area contributed by atoms with Gasteiger partial charge in [0.1, 0.15) is 0 Å². The van der Waals surface area contributed by atoms with Gasteiger partial charge in [0, 0.05) is 16.2 Å². The number of carboxylic acids is 1. The topological polar surface area (TPSA) is 49.3 Å². The minimum Gasteiger partial charge on any atom is -0.478 e. The molecule has 0 aromatic heterocycles. The van der Waals surface area contributed by atoms with Crippen LogP contribution in [0.15, 0.2) is 46.9 Å². The van der Waals surface area contributed by atoms with Gasteiger partial charge in [-0.1, -0.05) is 45.8 Å². The summed E-state index contributed by atoms with van der Waals surface area (Å²) in [5, 5.41) is 12.5. The normalized spacial score (nSPS) is 11.9. The van der Waals surface area contributed by atoms with Crippen LogP contribution in [0.5, 0.6) is 0 Å². The summed E-state index contributed by atoms with van der Waals surface area (Å²) in [6.07, 6.45) is 0. The van der Waals surface area contributed by atoms with E-state index in [-0.39, 0.29) is 11.6 Å². The molecule has 0 aliphatic heterocycles. The lowest BCUT2D eigenvalue weighted by Crippen LogP contribution is -2.10. The average Bonchev–Trinajstić information content (AvgIpc) is 2.41. The van der Waals surface area contributed by atoms with Gasteiger partial charge in [0.05, 0.1) is 5.56 Å². The van der Waals surface area contributed by atoms with E-state index < -0.39 is 5.97 Å². The van der Waals surface area contributed by atoms with Gasteiger partial charge in [-0.3, -0.25) is 0 Å². The van der Waals surface area contributed by atoms with Crippen molar-refractivity contribution in [1.82, 2.24) is 0 Å². The largest absolute Gasteiger partial charge is 0.478 e. The van der Waals surface area contributed by atoms with Gasteiger partial charge in [-0.05, 0) is 37.6 Å². The van der Waals surface area contributed by atoms with E-state index in [2.05, 4.69) is 21.2 Å². The number of anilines is 1. The van der Waals surface area contributed by atoms with Crippen molar-refractivity contribution in [1.29, 1.82) is 0 Å². The zero-order valence-corrected chi connectivity index (χ0v) is 12.9. The maximum Gasteiger partial charge on any atom is 0.337 e. The molecule has 1 unspecified atom stereocenters. The van der Waals surface area contributed by atoms with Crippen molar-refractivity contribution in [3.63, 3.8) is 0 Å². The van der Waals surface area contributed by atoms with Crippen LogP contribution in [0.25, 0.3) is 0 Å². The summed E-state index contributed by atoms with van der Waals surface area (Å²) in [7, 11) is 0. The predicted molar refractivity (Wildman–Crippen MR) is 84.3 cm³/mol. The lowest BCUT2D eigenvalue weighted by molar-refractivity contribution is 0.0698. The third-order valence-electron chi connectivity index (χ3n) is 3.16. The van der Waals surface area contributed by atoms with Crippen molar-refractivity contribution >= 4 is 27.6 Å². The van der Waals surface area contributed by atoms with Crippen molar-refractivity contribution < 1.29 is 9.90 Å². The Balaban J connectivity index is 2.25. The Morgan fingerprint density at radius 2 is 1.85 bits per heavy atom. The molecular weight excluding hydrogens is 318 g/mol. The van der Waals surface area contributed by atoms with E-state index in [1.807, 2.05) is 44.2 Å². The van der Waals surface area contributed by atoms with Gasteiger partial charge in [0.15, 0.2) is 0 Å². The predicted octanol–water partition coefficient (Wildman–Crippen LogP) is 4.63. The molecule has 0 aliphatic carbocycles. The highest BCUT2D eigenvalue weighted by Crippen LogP contribution is 2.25. The molecule has 0 fully saturated rings. The second kappa shape index (κ2) is 6.09. The van der Waals surface area contributed by atoms with Crippen LogP contribution in [0, 0.1) is 6.92 Å². The van der Waals surface area contributed by atoms with E-state index in [9.17, 15) is 9.90 Å². The molecule has 0 spiro atoms. The maximum atomic E-state index is 11.3. The zero-order chi connectivity index (χ0) is 14.7. The average molecular weight is 334 g/mol. The quantitative estimate of drug-likeness (QED) is 0.857. The first-order valence-corrected chi connectivity index (χ1v) is 7.12. The van der Waals surface area contributed by atoms with Crippen LogP contribution in [0.1, 0.15) is 34.5 Å². The molecule has 1 atom stereocenters. The van der Waals surface area contributed by atoms with E-state index in [0.717, 1.165) is 10.0 Å². The number of hydrogen-bond donors (Lipinski definition) is 2. The minimum absolute atomic E-state index is 0.0369. The van der Waals surface area contributed by atoms with Crippen molar-refractivity contribution in [2.24, 2.45) is 0 Å². The molecule has 2 aromatic carbocycles. The number of rotatable bonds is 4. The number of aromatic carboxylic acids is 1. The number of carboxylic acid groups (broad SMARTS) is 1. The molecule has 104 valence electrons. The summed E-state index contributed by atoms with van der Waals surface area (Å²) < 4.78 is 0.753. The smallest absolute Gasteiger partial charge is 0.337 e. The summed E-state index contributed by atoms with van der Waals surface area (Å²) in [6.45, 7) is 4.05. The van der Waals surface area contributed by atoms with Gasteiger partial charge in [-0.25, -0.2) is 4.79 Å². The molecule has 0 amide bonds. The standard InChI is InChI=1S/C16H16BrNO2/c1-10-3-5-12(6-4-10)11(2)18-15-8-7-13(17)9-14(15)16(19)20/h3-9,11,18H,1-2H3,(H,19,20).